The van der Waals surface area contributed by atoms with E-state index in [1.165, 1.54) is 0 Å². The molecule has 0 radical (unpaired) electrons. The Bertz CT molecular complexity index is 718. The molecule has 0 unspecified atom stereocenters. The Morgan fingerprint density at radius 1 is 1.19 bits per heavy atom. The average Bonchev–Trinajstić information content (AvgIpc) is 2.69. The van der Waals surface area contributed by atoms with Gasteiger partial charge in [-0.3, -0.25) is 0 Å². The van der Waals surface area contributed by atoms with Crippen molar-refractivity contribution in [3.8, 4) is 17.4 Å². The first kappa shape index (κ1) is 18.4. The lowest BCUT2D eigenvalue weighted by molar-refractivity contribution is 0.202. The van der Waals surface area contributed by atoms with Gasteiger partial charge in [-0.2, -0.15) is 11.8 Å². The van der Waals surface area contributed by atoms with Crippen molar-refractivity contribution in [2.45, 2.75) is 13.5 Å². The van der Waals surface area contributed by atoms with Gasteiger partial charge in [0.2, 0.25) is 5.88 Å². The summed E-state index contributed by atoms with van der Waals surface area (Å²) in [4.78, 5) is 18.3. The van der Waals surface area contributed by atoms with Crippen molar-refractivity contribution in [3.05, 3.63) is 48.2 Å². The Kier molecular flexibility index (Phi) is 6.60. The van der Waals surface area contributed by atoms with Gasteiger partial charge < -0.3 is 19.7 Å². The van der Waals surface area contributed by atoms with Gasteiger partial charge >= 0.3 is 6.03 Å². The number of hydrogen-bond donors (Lipinski definition) is 1. The van der Waals surface area contributed by atoms with E-state index in [0.717, 1.165) is 30.2 Å². The summed E-state index contributed by atoms with van der Waals surface area (Å²) in [6, 6.07) is 11.2. The monoisotopic (exact) mass is 373 g/mol. The molecule has 1 aromatic heterocycles. The number of ether oxygens (including phenoxy) is 2. The highest BCUT2D eigenvalue weighted by atomic mass is 32.2. The van der Waals surface area contributed by atoms with E-state index in [9.17, 15) is 4.79 Å². The van der Waals surface area contributed by atoms with Gasteiger partial charge in [0.1, 0.15) is 0 Å². The topological polar surface area (TPSA) is 63.7 Å². The molecule has 1 saturated heterocycles. The van der Waals surface area contributed by atoms with E-state index >= 15 is 0 Å². The Hall–Kier alpha value is -2.41. The molecule has 6 nitrogen and oxygen atoms in total. The molecular weight excluding hydrogens is 350 g/mol. The van der Waals surface area contributed by atoms with E-state index in [1.807, 2.05) is 53.9 Å². The highest BCUT2D eigenvalue weighted by Gasteiger charge is 2.16. The molecule has 0 saturated carbocycles. The van der Waals surface area contributed by atoms with Crippen LogP contribution in [0.1, 0.15) is 12.5 Å². The van der Waals surface area contributed by atoms with Crippen LogP contribution in [0.3, 0.4) is 0 Å². The van der Waals surface area contributed by atoms with Gasteiger partial charge in [0, 0.05) is 43.4 Å². The summed E-state index contributed by atoms with van der Waals surface area (Å²) < 4.78 is 11.4. The third-order valence-corrected chi connectivity index (χ3v) is 4.85. The number of nitrogens with zero attached hydrogens (tertiary/aromatic N) is 2. The van der Waals surface area contributed by atoms with E-state index in [1.54, 1.807) is 12.3 Å². The number of rotatable bonds is 6. The molecule has 1 fully saturated rings. The van der Waals surface area contributed by atoms with Gasteiger partial charge in [-0.1, -0.05) is 18.2 Å². The normalized spacial score (nSPS) is 14.0. The standard InChI is InChI=1S/C19H23N3O3S/c1-2-24-16-5-3-4-6-17(16)25-18-8-7-15(13-20-18)14-21-19(23)22-9-11-26-12-10-22/h3-8,13H,2,9-12,14H2,1H3,(H,21,23). The number of urea groups is 1. The molecule has 0 spiro atoms. The molecule has 26 heavy (non-hydrogen) atoms. The lowest BCUT2D eigenvalue weighted by Crippen LogP contribution is -2.44. The summed E-state index contributed by atoms with van der Waals surface area (Å²) in [6.45, 7) is 4.57. The highest BCUT2D eigenvalue weighted by Crippen LogP contribution is 2.30. The maximum Gasteiger partial charge on any atom is 0.317 e. The van der Waals surface area contributed by atoms with Gasteiger partial charge in [0.05, 0.1) is 6.61 Å². The minimum atomic E-state index is -0.0173. The van der Waals surface area contributed by atoms with Crippen LogP contribution in [-0.2, 0) is 6.54 Å². The number of thioether (sulfide) groups is 1. The first-order valence-corrected chi connectivity index (χ1v) is 9.87. The molecule has 1 aliphatic heterocycles. The number of aromatic nitrogens is 1. The summed E-state index contributed by atoms with van der Waals surface area (Å²) in [5, 5.41) is 2.94. The van der Waals surface area contributed by atoms with Crippen molar-refractivity contribution in [2.75, 3.05) is 31.2 Å². The van der Waals surface area contributed by atoms with E-state index in [2.05, 4.69) is 10.3 Å². The lowest BCUT2D eigenvalue weighted by Gasteiger charge is -2.26. The summed E-state index contributed by atoms with van der Waals surface area (Å²) in [5.74, 6) is 3.81. The van der Waals surface area contributed by atoms with Crippen molar-refractivity contribution in [2.24, 2.45) is 0 Å². The molecule has 2 aromatic rings. The lowest BCUT2D eigenvalue weighted by atomic mass is 10.3. The predicted molar refractivity (Wildman–Crippen MR) is 103 cm³/mol. The molecule has 0 atom stereocenters. The largest absolute Gasteiger partial charge is 0.490 e. The van der Waals surface area contributed by atoms with Gasteiger partial charge in [-0.15, -0.1) is 0 Å². The summed E-state index contributed by atoms with van der Waals surface area (Å²) in [7, 11) is 0. The van der Waals surface area contributed by atoms with E-state index < -0.39 is 0 Å². The third-order valence-electron chi connectivity index (χ3n) is 3.90. The minimum Gasteiger partial charge on any atom is -0.490 e. The van der Waals surface area contributed by atoms with Crippen molar-refractivity contribution in [1.29, 1.82) is 0 Å². The Labute approximate surface area is 157 Å². The van der Waals surface area contributed by atoms with Crippen LogP contribution < -0.4 is 14.8 Å². The van der Waals surface area contributed by atoms with Crippen LogP contribution in [-0.4, -0.2) is 47.1 Å². The summed E-state index contributed by atoms with van der Waals surface area (Å²) in [5.41, 5.74) is 0.926. The number of hydrogen-bond acceptors (Lipinski definition) is 5. The molecular formula is C19H23N3O3S. The zero-order valence-corrected chi connectivity index (χ0v) is 15.6. The first-order chi connectivity index (χ1) is 12.8. The smallest absolute Gasteiger partial charge is 0.317 e. The molecule has 3 rings (SSSR count). The molecule has 2 heterocycles. The second-order valence-corrected chi connectivity index (χ2v) is 6.97. The molecule has 0 bridgehead atoms. The van der Waals surface area contributed by atoms with Crippen molar-refractivity contribution in [3.63, 3.8) is 0 Å². The van der Waals surface area contributed by atoms with Crippen LogP contribution >= 0.6 is 11.8 Å². The van der Waals surface area contributed by atoms with Gasteiger partial charge in [-0.05, 0) is 24.6 Å². The van der Waals surface area contributed by atoms with Crippen LogP contribution in [0.4, 0.5) is 4.79 Å². The molecule has 0 aliphatic carbocycles. The maximum absolute atomic E-state index is 12.1. The number of pyridine rings is 1. The molecule has 1 N–H and O–H groups in total. The zero-order valence-electron chi connectivity index (χ0n) is 14.8. The number of amides is 2. The molecule has 1 aliphatic rings. The average molecular weight is 373 g/mol. The number of nitrogens with one attached hydrogen (secondary N) is 1. The van der Waals surface area contributed by atoms with Crippen LogP contribution in [0.15, 0.2) is 42.6 Å². The third kappa shape index (κ3) is 5.05. The van der Waals surface area contributed by atoms with Crippen molar-refractivity contribution in [1.82, 2.24) is 15.2 Å². The number of carbonyl (C=O) groups excluding carboxylic acids is 1. The summed E-state index contributed by atoms with van der Waals surface area (Å²) >= 11 is 1.88. The fourth-order valence-corrected chi connectivity index (χ4v) is 3.46. The SMILES string of the molecule is CCOc1ccccc1Oc1ccc(CNC(=O)N2CCSCC2)cn1. The molecule has 7 heteroatoms. The van der Waals surface area contributed by atoms with Gasteiger partial charge in [0.15, 0.2) is 11.5 Å². The van der Waals surface area contributed by atoms with Crippen LogP contribution in [0.5, 0.6) is 17.4 Å². The Balaban J connectivity index is 1.54. The number of carbonyl (C=O) groups is 1. The predicted octanol–water partition coefficient (Wildman–Crippen LogP) is 3.53. The van der Waals surface area contributed by atoms with E-state index in [4.69, 9.17) is 9.47 Å². The van der Waals surface area contributed by atoms with Crippen molar-refractivity contribution < 1.29 is 14.3 Å². The fraction of sp³-hybridized carbons (Fsp3) is 0.368. The quantitative estimate of drug-likeness (QED) is 0.839. The fourth-order valence-electron chi connectivity index (χ4n) is 2.55. The van der Waals surface area contributed by atoms with Crippen LogP contribution in [0, 0.1) is 0 Å². The first-order valence-electron chi connectivity index (χ1n) is 8.71. The Morgan fingerprint density at radius 2 is 1.96 bits per heavy atom. The van der Waals surface area contributed by atoms with Gasteiger partial charge in [-0.25, -0.2) is 9.78 Å². The van der Waals surface area contributed by atoms with Gasteiger partial charge in [0.25, 0.3) is 0 Å². The molecule has 138 valence electrons. The van der Waals surface area contributed by atoms with Crippen molar-refractivity contribution >= 4 is 17.8 Å². The molecule has 1 aromatic carbocycles. The van der Waals surface area contributed by atoms with E-state index in [0.29, 0.717) is 30.5 Å². The summed E-state index contributed by atoms with van der Waals surface area (Å²) in [6.07, 6.45) is 1.71. The second-order valence-electron chi connectivity index (χ2n) is 5.74. The number of para-hydroxylation sites is 2. The van der Waals surface area contributed by atoms with E-state index in [-0.39, 0.29) is 6.03 Å². The number of benzene rings is 1. The zero-order chi connectivity index (χ0) is 18.2. The second kappa shape index (κ2) is 9.33. The minimum absolute atomic E-state index is 0.0173. The van der Waals surface area contributed by atoms with Crippen LogP contribution in [0.2, 0.25) is 0 Å². The highest BCUT2D eigenvalue weighted by molar-refractivity contribution is 7.99. The maximum atomic E-state index is 12.1. The van der Waals surface area contributed by atoms with Crippen LogP contribution in [0.25, 0.3) is 0 Å². The molecule has 2 amide bonds. The Morgan fingerprint density at radius 3 is 2.65 bits per heavy atom.